The summed E-state index contributed by atoms with van der Waals surface area (Å²) in [6, 6.07) is 3.19. The van der Waals surface area contributed by atoms with E-state index in [1.807, 2.05) is 0 Å². The lowest BCUT2D eigenvalue weighted by Gasteiger charge is -2.26. The zero-order chi connectivity index (χ0) is 18.4. The van der Waals surface area contributed by atoms with Crippen LogP contribution in [0, 0.1) is 0 Å². The Bertz CT molecular complexity index is 709. The van der Waals surface area contributed by atoms with E-state index in [2.05, 4.69) is 14.9 Å². The van der Waals surface area contributed by atoms with Crippen LogP contribution in [-0.2, 0) is 19.6 Å². The number of hydrogen-bond donors (Lipinski definition) is 2. The summed E-state index contributed by atoms with van der Waals surface area (Å²) in [5.74, 6) is -0.407. The molecular weight excluding hydrogens is 389 g/mol. The van der Waals surface area contributed by atoms with Gasteiger partial charge in [0.2, 0.25) is 15.9 Å². The topological polar surface area (TPSA) is 87.7 Å². The molecule has 7 nitrogen and oxygen atoms in total. The first-order valence-electron chi connectivity index (χ1n) is 7.85. The van der Waals surface area contributed by atoms with Crippen LogP contribution in [0.2, 0.25) is 10.0 Å². The maximum Gasteiger partial charge on any atom is 0.242 e. The third-order valence-electron chi connectivity index (χ3n) is 3.74. The number of benzene rings is 1. The zero-order valence-electron chi connectivity index (χ0n) is 13.8. The molecule has 2 N–H and O–H groups in total. The molecule has 0 unspecified atom stereocenters. The second-order valence-corrected chi connectivity index (χ2v) is 8.19. The number of nitrogens with one attached hydrogen (secondary N) is 2. The van der Waals surface area contributed by atoms with E-state index in [-0.39, 0.29) is 14.9 Å². The normalized spacial score (nSPS) is 17.2. The van der Waals surface area contributed by atoms with Crippen LogP contribution < -0.4 is 10.0 Å². The molecule has 0 radical (unpaired) electrons. The van der Waals surface area contributed by atoms with Crippen molar-refractivity contribution >= 4 is 39.1 Å². The molecule has 2 rings (SSSR count). The fourth-order valence-corrected chi connectivity index (χ4v) is 4.31. The van der Waals surface area contributed by atoms with Gasteiger partial charge in [0.1, 0.15) is 4.90 Å². The third kappa shape index (κ3) is 6.09. The van der Waals surface area contributed by atoms with Gasteiger partial charge in [-0.1, -0.05) is 23.2 Å². The highest BCUT2D eigenvalue weighted by Crippen LogP contribution is 2.24. The van der Waals surface area contributed by atoms with Crippen molar-refractivity contribution in [2.24, 2.45) is 0 Å². The van der Waals surface area contributed by atoms with Crippen LogP contribution in [0.5, 0.6) is 0 Å². The molecule has 140 valence electrons. The van der Waals surface area contributed by atoms with Gasteiger partial charge in [-0.25, -0.2) is 8.42 Å². The molecule has 1 saturated heterocycles. The first-order chi connectivity index (χ1) is 11.8. The van der Waals surface area contributed by atoms with Crippen molar-refractivity contribution in [3.05, 3.63) is 28.2 Å². The van der Waals surface area contributed by atoms with Gasteiger partial charge in [0, 0.05) is 31.2 Å². The summed E-state index contributed by atoms with van der Waals surface area (Å²) in [5, 5.41) is 3.00. The van der Waals surface area contributed by atoms with Crippen LogP contribution in [0.4, 0.5) is 0 Å². The fourth-order valence-electron chi connectivity index (χ4n) is 2.35. The number of rotatable bonds is 7. The highest BCUT2D eigenvalue weighted by atomic mass is 35.5. The van der Waals surface area contributed by atoms with Crippen molar-refractivity contribution in [2.45, 2.75) is 17.9 Å². The smallest absolute Gasteiger partial charge is 0.242 e. The van der Waals surface area contributed by atoms with Gasteiger partial charge >= 0.3 is 0 Å². The molecule has 1 amide bonds. The molecule has 1 fully saturated rings. The average Bonchev–Trinajstić information content (AvgIpc) is 2.57. The third-order valence-corrected chi connectivity index (χ3v) is 6.00. The number of hydrogen-bond acceptors (Lipinski definition) is 5. The molecule has 1 aromatic carbocycles. The van der Waals surface area contributed by atoms with E-state index in [4.69, 9.17) is 27.9 Å². The number of nitrogens with zero attached hydrogens (tertiary/aromatic N) is 1. The Morgan fingerprint density at radius 3 is 2.68 bits per heavy atom. The molecule has 1 atom stereocenters. The summed E-state index contributed by atoms with van der Waals surface area (Å²) >= 11 is 11.7. The van der Waals surface area contributed by atoms with Crippen LogP contribution in [0.15, 0.2) is 23.1 Å². The van der Waals surface area contributed by atoms with Crippen molar-refractivity contribution in [1.82, 2.24) is 14.9 Å². The largest absolute Gasteiger partial charge is 0.379 e. The predicted octanol–water partition coefficient (Wildman–Crippen LogP) is 1.11. The molecule has 1 aliphatic rings. The molecule has 0 aromatic heterocycles. The van der Waals surface area contributed by atoms with Crippen LogP contribution in [0.25, 0.3) is 0 Å². The lowest BCUT2D eigenvalue weighted by Crippen LogP contribution is -2.47. The van der Waals surface area contributed by atoms with Crippen LogP contribution >= 0.6 is 23.2 Å². The highest BCUT2D eigenvalue weighted by molar-refractivity contribution is 7.89. The Labute approximate surface area is 157 Å². The van der Waals surface area contributed by atoms with Gasteiger partial charge in [0.05, 0.1) is 24.3 Å². The highest BCUT2D eigenvalue weighted by Gasteiger charge is 2.24. The van der Waals surface area contributed by atoms with Crippen LogP contribution in [0.1, 0.15) is 6.92 Å². The Hall–Kier alpha value is -0.900. The number of sulfonamides is 1. The van der Waals surface area contributed by atoms with E-state index in [9.17, 15) is 13.2 Å². The number of halogens is 2. The standard InChI is InChI=1S/C15H21Cl2N3O4S/c1-11(15(21)18-4-5-20-6-8-24-9-7-20)19-25(22,23)14-10-12(16)2-3-13(14)17/h2-3,10-11,19H,4-9H2,1H3,(H,18,21)/t11-/m1/s1. The lowest BCUT2D eigenvalue weighted by molar-refractivity contribution is -0.122. The SMILES string of the molecule is C[C@@H](NS(=O)(=O)c1cc(Cl)ccc1Cl)C(=O)NCCN1CCOCC1. The van der Waals surface area contributed by atoms with Gasteiger partial charge in [-0.3, -0.25) is 9.69 Å². The summed E-state index contributed by atoms with van der Waals surface area (Å²) in [6.45, 7) is 5.61. The number of morpholine rings is 1. The second kappa shape index (κ2) is 9.16. The van der Waals surface area contributed by atoms with Gasteiger partial charge in [-0.05, 0) is 25.1 Å². The molecule has 0 spiro atoms. The Balaban J connectivity index is 1.87. The van der Waals surface area contributed by atoms with Crippen molar-refractivity contribution in [2.75, 3.05) is 39.4 Å². The average molecular weight is 410 g/mol. The summed E-state index contributed by atoms with van der Waals surface area (Å²) in [7, 11) is -3.96. The monoisotopic (exact) mass is 409 g/mol. The summed E-state index contributed by atoms with van der Waals surface area (Å²) in [5.41, 5.74) is 0. The second-order valence-electron chi connectivity index (χ2n) is 5.66. The Morgan fingerprint density at radius 1 is 1.32 bits per heavy atom. The molecule has 25 heavy (non-hydrogen) atoms. The van der Waals surface area contributed by atoms with Gasteiger partial charge in [0.25, 0.3) is 0 Å². The first kappa shape index (κ1) is 20.4. The number of carbonyl (C=O) groups is 1. The van der Waals surface area contributed by atoms with Gasteiger partial charge in [0.15, 0.2) is 0 Å². The van der Waals surface area contributed by atoms with Crippen molar-refractivity contribution in [3.8, 4) is 0 Å². The van der Waals surface area contributed by atoms with Crippen molar-refractivity contribution in [1.29, 1.82) is 0 Å². The minimum absolute atomic E-state index is 0.0387. The summed E-state index contributed by atoms with van der Waals surface area (Å²) in [4.78, 5) is 14.1. The molecule has 10 heteroatoms. The molecular formula is C15H21Cl2N3O4S. The van der Waals surface area contributed by atoms with Crippen molar-refractivity contribution in [3.63, 3.8) is 0 Å². The number of ether oxygens (including phenoxy) is 1. The summed E-state index contributed by atoms with van der Waals surface area (Å²) in [6.07, 6.45) is 0. The van der Waals surface area contributed by atoms with E-state index in [1.165, 1.54) is 25.1 Å². The first-order valence-corrected chi connectivity index (χ1v) is 10.1. The lowest BCUT2D eigenvalue weighted by atomic mass is 10.3. The quantitative estimate of drug-likeness (QED) is 0.703. The molecule has 0 aliphatic carbocycles. The van der Waals surface area contributed by atoms with Gasteiger partial charge in [-0.15, -0.1) is 0 Å². The maximum absolute atomic E-state index is 12.4. The Kier molecular flexibility index (Phi) is 7.48. The minimum Gasteiger partial charge on any atom is -0.379 e. The fraction of sp³-hybridized carbons (Fsp3) is 0.533. The van der Waals surface area contributed by atoms with Crippen molar-refractivity contribution < 1.29 is 17.9 Å². The maximum atomic E-state index is 12.4. The van der Waals surface area contributed by atoms with Gasteiger partial charge in [-0.2, -0.15) is 4.72 Å². The van der Waals surface area contributed by atoms with E-state index in [0.29, 0.717) is 26.3 Å². The Morgan fingerprint density at radius 2 is 2.00 bits per heavy atom. The minimum atomic E-state index is -3.96. The van der Waals surface area contributed by atoms with E-state index in [0.717, 1.165) is 13.1 Å². The van der Waals surface area contributed by atoms with Crippen LogP contribution in [0.3, 0.4) is 0 Å². The summed E-state index contributed by atoms with van der Waals surface area (Å²) < 4.78 is 32.3. The molecule has 1 heterocycles. The molecule has 0 saturated carbocycles. The van der Waals surface area contributed by atoms with E-state index < -0.39 is 22.0 Å². The van der Waals surface area contributed by atoms with E-state index >= 15 is 0 Å². The van der Waals surface area contributed by atoms with Crippen LogP contribution in [-0.4, -0.2) is 64.7 Å². The molecule has 1 aromatic rings. The van der Waals surface area contributed by atoms with E-state index in [1.54, 1.807) is 0 Å². The molecule has 1 aliphatic heterocycles. The van der Waals surface area contributed by atoms with Gasteiger partial charge < -0.3 is 10.1 Å². The predicted molar refractivity (Wildman–Crippen MR) is 96.5 cm³/mol. The number of amides is 1. The number of carbonyl (C=O) groups excluding carboxylic acids is 1. The zero-order valence-corrected chi connectivity index (χ0v) is 16.1. The molecule has 0 bridgehead atoms.